The highest BCUT2D eigenvalue weighted by Gasteiger charge is 2.61. The molecule has 0 heterocycles. The van der Waals surface area contributed by atoms with Crippen LogP contribution in [0.15, 0.2) is 48.5 Å². The van der Waals surface area contributed by atoms with Crippen molar-refractivity contribution in [2.24, 2.45) is 5.92 Å². The Labute approximate surface area is 167 Å². The summed E-state index contributed by atoms with van der Waals surface area (Å²) in [5, 5.41) is 0. The van der Waals surface area contributed by atoms with Crippen LogP contribution in [0.25, 0.3) is 11.1 Å². The van der Waals surface area contributed by atoms with Crippen molar-refractivity contribution in [3.63, 3.8) is 0 Å². The zero-order chi connectivity index (χ0) is 21.1. The molecular weight excluding hydrogens is 387 g/mol. The van der Waals surface area contributed by atoms with Crippen molar-refractivity contribution in [3.8, 4) is 16.9 Å². The maximum atomic E-state index is 13.0. The third-order valence-corrected chi connectivity index (χ3v) is 5.69. The van der Waals surface area contributed by atoms with Crippen LogP contribution in [0, 0.1) is 5.92 Å². The monoisotopic (exact) mass is 412 g/mol. The molecule has 0 saturated heterocycles. The maximum absolute atomic E-state index is 13.0. The summed E-state index contributed by atoms with van der Waals surface area (Å²) >= 11 is 0. The summed E-state index contributed by atoms with van der Waals surface area (Å²) in [4.78, 5) is 0. The third-order valence-electron chi connectivity index (χ3n) is 5.69. The molecule has 0 atom stereocenters. The third kappa shape index (κ3) is 5.28. The van der Waals surface area contributed by atoms with E-state index in [1.165, 1.54) is 56.2 Å². The molecule has 6 heteroatoms. The molecule has 29 heavy (non-hydrogen) atoms. The van der Waals surface area contributed by atoms with Crippen LogP contribution >= 0.6 is 0 Å². The molecule has 0 unspecified atom stereocenters. The Kier molecular flexibility index (Phi) is 6.49. The van der Waals surface area contributed by atoms with Crippen LogP contribution in [0.1, 0.15) is 56.9 Å². The van der Waals surface area contributed by atoms with Crippen molar-refractivity contribution >= 4 is 0 Å². The Hall–Kier alpha value is -2.11. The van der Waals surface area contributed by atoms with Gasteiger partial charge in [-0.2, -0.15) is 22.0 Å². The average molecular weight is 412 g/mol. The number of benzene rings is 2. The van der Waals surface area contributed by atoms with Crippen molar-refractivity contribution < 1.29 is 26.7 Å². The minimum absolute atomic E-state index is 0.531. The molecule has 0 N–H and O–H groups in total. The minimum atomic E-state index is -5.75. The number of halogens is 5. The van der Waals surface area contributed by atoms with Gasteiger partial charge >= 0.3 is 12.3 Å². The second-order valence-electron chi connectivity index (χ2n) is 7.77. The van der Waals surface area contributed by atoms with Gasteiger partial charge in [-0.3, -0.25) is 0 Å². The predicted octanol–water partition coefficient (Wildman–Crippen LogP) is 7.96. The van der Waals surface area contributed by atoms with Gasteiger partial charge in [0.1, 0.15) is 5.75 Å². The van der Waals surface area contributed by atoms with Gasteiger partial charge in [0.25, 0.3) is 0 Å². The second-order valence-corrected chi connectivity index (χ2v) is 7.77. The van der Waals surface area contributed by atoms with E-state index in [1.807, 2.05) is 12.1 Å². The van der Waals surface area contributed by atoms with Gasteiger partial charge in [0.05, 0.1) is 0 Å². The van der Waals surface area contributed by atoms with Gasteiger partial charge in [-0.25, -0.2) is 0 Å². The Morgan fingerprint density at radius 2 is 1.31 bits per heavy atom. The Balaban J connectivity index is 1.63. The summed E-state index contributed by atoms with van der Waals surface area (Å²) in [5.74, 6) is 0.884. The molecule has 0 radical (unpaired) electrons. The SMILES string of the molecule is CCCC1CCC(c2ccc(-c3ccc(OC(F)(F)C(F)(F)F)cc3)cc2)CC1. The largest absolute Gasteiger partial charge is 0.499 e. The lowest BCUT2D eigenvalue weighted by Gasteiger charge is -2.28. The zero-order valence-corrected chi connectivity index (χ0v) is 16.3. The molecule has 158 valence electrons. The lowest BCUT2D eigenvalue weighted by molar-refractivity contribution is -0.360. The highest BCUT2D eigenvalue weighted by molar-refractivity contribution is 5.64. The molecule has 2 aromatic rings. The minimum Gasteiger partial charge on any atom is -0.426 e. The molecule has 0 aliphatic heterocycles. The van der Waals surface area contributed by atoms with Crippen molar-refractivity contribution in [1.82, 2.24) is 0 Å². The lowest BCUT2D eigenvalue weighted by Crippen LogP contribution is -2.41. The van der Waals surface area contributed by atoms with Crippen LogP contribution in [0.5, 0.6) is 5.75 Å². The van der Waals surface area contributed by atoms with Crippen LogP contribution in [0.2, 0.25) is 0 Å². The van der Waals surface area contributed by atoms with Gasteiger partial charge in [-0.15, -0.1) is 0 Å². The van der Waals surface area contributed by atoms with Gasteiger partial charge in [0.2, 0.25) is 0 Å². The van der Waals surface area contributed by atoms with E-state index in [4.69, 9.17) is 0 Å². The van der Waals surface area contributed by atoms with E-state index in [9.17, 15) is 22.0 Å². The number of alkyl halides is 5. The fourth-order valence-electron chi connectivity index (χ4n) is 4.06. The lowest BCUT2D eigenvalue weighted by atomic mass is 9.77. The van der Waals surface area contributed by atoms with Gasteiger partial charge in [-0.1, -0.05) is 56.2 Å². The average Bonchev–Trinajstić information content (AvgIpc) is 2.68. The van der Waals surface area contributed by atoms with Crippen molar-refractivity contribution in [3.05, 3.63) is 54.1 Å². The first kappa shape index (κ1) is 21.6. The summed E-state index contributed by atoms with van der Waals surface area (Å²) < 4.78 is 66.5. The normalized spacial score (nSPS) is 20.5. The Bertz CT molecular complexity index is 772. The van der Waals surface area contributed by atoms with Gasteiger partial charge in [-0.05, 0) is 66.3 Å². The molecule has 0 aromatic heterocycles. The second kappa shape index (κ2) is 8.72. The van der Waals surface area contributed by atoms with Gasteiger partial charge in [0, 0.05) is 0 Å². The summed E-state index contributed by atoms with van der Waals surface area (Å²) in [7, 11) is 0. The Morgan fingerprint density at radius 3 is 1.79 bits per heavy atom. The predicted molar refractivity (Wildman–Crippen MR) is 103 cm³/mol. The highest BCUT2D eigenvalue weighted by Crippen LogP contribution is 2.39. The van der Waals surface area contributed by atoms with Crippen LogP contribution in [0.4, 0.5) is 22.0 Å². The molecule has 1 saturated carbocycles. The molecule has 1 aliphatic rings. The molecule has 0 spiro atoms. The summed E-state index contributed by atoms with van der Waals surface area (Å²) in [6, 6.07) is 13.3. The summed E-state index contributed by atoms with van der Waals surface area (Å²) in [6.45, 7) is 2.23. The molecule has 1 fully saturated rings. The van der Waals surface area contributed by atoms with Crippen molar-refractivity contribution in [2.45, 2.75) is 63.7 Å². The first-order valence-electron chi connectivity index (χ1n) is 10.0. The zero-order valence-electron chi connectivity index (χ0n) is 16.3. The van der Waals surface area contributed by atoms with E-state index >= 15 is 0 Å². The van der Waals surface area contributed by atoms with E-state index in [-0.39, 0.29) is 0 Å². The Morgan fingerprint density at radius 1 is 0.793 bits per heavy atom. The molecule has 2 aromatic carbocycles. The number of ether oxygens (including phenoxy) is 1. The quantitative estimate of drug-likeness (QED) is 0.437. The molecule has 0 amide bonds. The smallest absolute Gasteiger partial charge is 0.426 e. The molecule has 3 rings (SSSR count). The van der Waals surface area contributed by atoms with Crippen LogP contribution in [-0.4, -0.2) is 12.3 Å². The topological polar surface area (TPSA) is 9.23 Å². The van der Waals surface area contributed by atoms with E-state index < -0.39 is 18.0 Å². The van der Waals surface area contributed by atoms with E-state index in [0.29, 0.717) is 5.92 Å². The molecular formula is C23H25F5O. The standard InChI is InChI=1S/C23H25F5O/c1-2-3-16-4-6-17(7-5-16)18-8-10-19(11-9-18)20-12-14-21(15-13-20)29-23(27,28)22(24,25)26/h8-17H,2-7H2,1H3. The van der Waals surface area contributed by atoms with Crippen LogP contribution in [0.3, 0.4) is 0 Å². The van der Waals surface area contributed by atoms with Crippen molar-refractivity contribution in [1.29, 1.82) is 0 Å². The molecule has 1 nitrogen and oxygen atoms in total. The molecule has 0 bridgehead atoms. The number of hydrogen-bond donors (Lipinski definition) is 0. The highest BCUT2D eigenvalue weighted by atomic mass is 19.4. The number of hydrogen-bond acceptors (Lipinski definition) is 1. The van der Waals surface area contributed by atoms with E-state index in [0.717, 1.165) is 29.2 Å². The first-order valence-corrected chi connectivity index (χ1v) is 10.0. The maximum Gasteiger partial charge on any atom is 0.499 e. The fraction of sp³-hybridized carbons (Fsp3) is 0.478. The summed E-state index contributed by atoms with van der Waals surface area (Å²) in [6.07, 6.45) is -3.49. The first-order chi connectivity index (χ1) is 13.7. The summed E-state index contributed by atoms with van der Waals surface area (Å²) in [5.41, 5.74) is 2.90. The van der Waals surface area contributed by atoms with Crippen LogP contribution in [-0.2, 0) is 0 Å². The van der Waals surface area contributed by atoms with E-state index in [2.05, 4.69) is 23.8 Å². The van der Waals surface area contributed by atoms with Gasteiger partial charge < -0.3 is 4.74 Å². The van der Waals surface area contributed by atoms with Crippen molar-refractivity contribution in [2.75, 3.05) is 0 Å². The van der Waals surface area contributed by atoms with Crippen LogP contribution < -0.4 is 4.74 Å². The molecule has 1 aliphatic carbocycles. The fourth-order valence-corrected chi connectivity index (χ4v) is 4.06. The number of rotatable bonds is 6. The van der Waals surface area contributed by atoms with Gasteiger partial charge in [0.15, 0.2) is 0 Å². The van der Waals surface area contributed by atoms with E-state index in [1.54, 1.807) is 0 Å².